The van der Waals surface area contributed by atoms with Crippen LogP contribution in [0.15, 0.2) is 34.9 Å². The highest BCUT2D eigenvalue weighted by atomic mass is 16.3. The van der Waals surface area contributed by atoms with Gasteiger partial charge in [-0.2, -0.15) is 0 Å². The summed E-state index contributed by atoms with van der Waals surface area (Å²) in [5.74, 6) is 5.04. The second-order valence-electron chi connectivity index (χ2n) is 17.5. The molecule has 0 aromatic heterocycles. The minimum atomic E-state index is -0.364. The minimum Gasteiger partial charge on any atom is -0.392 e. The molecule has 8 aliphatic rings. The molecule has 2 bridgehead atoms. The molecule has 2 saturated heterocycles. The Kier molecular flexibility index (Phi) is 6.32. The summed E-state index contributed by atoms with van der Waals surface area (Å²) in [5.41, 5.74) is 7.50. The molecule has 42 heavy (non-hydrogen) atoms. The summed E-state index contributed by atoms with van der Waals surface area (Å²) in [6, 6.07) is 0.134. The number of fused-ring (bicyclic) bond motifs is 4. The van der Waals surface area contributed by atoms with E-state index < -0.39 is 0 Å². The topological polar surface area (TPSA) is 64.5 Å². The molecule has 4 N–H and O–H groups in total. The van der Waals surface area contributed by atoms with Crippen LogP contribution in [0.3, 0.4) is 0 Å². The van der Waals surface area contributed by atoms with Crippen LogP contribution in [0.5, 0.6) is 0 Å². The molecule has 232 valence electrons. The van der Waals surface area contributed by atoms with Gasteiger partial charge in [-0.1, -0.05) is 36.3 Å². The molecule has 0 radical (unpaired) electrons. The molecule has 2 spiro atoms. The van der Waals surface area contributed by atoms with Crippen LogP contribution in [0.25, 0.3) is 0 Å². The van der Waals surface area contributed by atoms with E-state index in [4.69, 9.17) is 5.32 Å². The van der Waals surface area contributed by atoms with E-state index in [0.29, 0.717) is 41.0 Å². The highest BCUT2D eigenvalue weighted by molar-refractivity contribution is 5.48. The number of aliphatic hydroxyl groups excluding tert-OH is 2. The van der Waals surface area contributed by atoms with E-state index in [0.717, 1.165) is 30.6 Å². The van der Waals surface area contributed by atoms with Crippen LogP contribution in [0.2, 0.25) is 0 Å². The first-order valence-corrected chi connectivity index (χ1v) is 17.9. The zero-order valence-corrected chi connectivity index (χ0v) is 27.1. The molecule has 0 aromatic rings. The van der Waals surface area contributed by atoms with E-state index >= 15 is 0 Å². The molecule has 5 saturated carbocycles. The van der Waals surface area contributed by atoms with Gasteiger partial charge in [0.15, 0.2) is 0 Å². The van der Waals surface area contributed by atoms with Gasteiger partial charge in [0.2, 0.25) is 0 Å². The molecule has 4 nitrogen and oxygen atoms in total. The molecular weight excluding hydrogens is 516 g/mol. The van der Waals surface area contributed by atoms with Gasteiger partial charge in [-0.05, 0) is 163 Å². The number of hydrogen-bond donors (Lipinski definition) is 4. The maximum Gasteiger partial charge on any atom is 0.0696 e. The Morgan fingerprint density at radius 1 is 1.05 bits per heavy atom. The number of rotatable bonds is 4. The van der Waals surface area contributed by atoms with Crippen LogP contribution in [-0.4, -0.2) is 46.1 Å². The first-order valence-electron chi connectivity index (χ1n) is 17.9. The molecule has 0 aromatic carbocycles. The van der Waals surface area contributed by atoms with Crippen LogP contribution < -0.4 is 10.6 Å². The fourth-order valence-corrected chi connectivity index (χ4v) is 14.1. The van der Waals surface area contributed by atoms with Crippen molar-refractivity contribution in [2.24, 2.45) is 52.3 Å². The third-order valence-corrected chi connectivity index (χ3v) is 15.9. The van der Waals surface area contributed by atoms with Gasteiger partial charge in [0.25, 0.3) is 0 Å². The van der Waals surface area contributed by atoms with E-state index in [2.05, 4.69) is 45.7 Å². The smallest absolute Gasteiger partial charge is 0.0696 e. The molecule has 7 fully saturated rings. The van der Waals surface area contributed by atoms with E-state index in [1.807, 2.05) is 6.92 Å². The van der Waals surface area contributed by atoms with Crippen molar-refractivity contribution in [1.29, 1.82) is 0 Å². The van der Waals surface area contributed by atoms with Crippen molar-refractivity contribution in [3.8, 4) is 0 Å². The zero-order valence-electron chi connectivity index (χ0n) is 27.1. The van der Waals surface area contributed by atoms with E-state index in [-0.39, 0.29) is 29.3 Å². The maximum absolute atomic E-state index is 11.4. The fraction of sp³-hybridized carbons (Fsp3) is 0.842. The highest BCUT2D eigenvalue weighted by Crippen LogP contribution is 2.76. The van der Waals surface area contributed by atoms with Crippen molar-refractivity contribution >= 4 is 0 Å². The lowest BCUT2D eigenvalue weighted by Gasteiger charge is -2.69. The molecule has 2 aliphatic heterocycles. The van der Waals surface area contributed by atoms with Crippen LogP contribution in [0.4, 0.5) is 0 Å². The zero-order chi connectivity index (χ0) is 29.4. The van der Waals surface area contributed by atoms with Crippen molar-refractivity contribution in [2.75, 3.05) is 6.54 Å². The lowest BCUT2D eigenvalue weighted by Crippen LogP contribution is -2.77. The summed E-state index contributed by atoms with van der Waals surface area (Å²) in [4.78, 5) is 0. The molecular formula is C38H58N2O2. The predicted octanol–water partition coefficient (Wildman–Crippen LogP) is 6.69. The second-order valence-corrected chi connectivity index (χ2v) is 17.5. The van der Waals surface area contributed by atoms with E-state index in [1.165, 1.54) is 69.8 Å². The van der Waals surface area contributed by atoms with Crippen molar-refractivity contribution in [3.05, 3.63) is 34.9 Å². The lowest BCUT2D eigenvalue weighted by atomic mass is 9.43. The summed E-state index contributed by atoms with van der Waals surface area (Å²) in [6.45, 7) is 16.8. The number of nitrogens with one attached hydrogen (secondary N) is 2. The largest absolute Gasteiger partial charge is 0.392 e. The molecule has 14 atom stereocenters. The summed E-state index contributed by atoms with van der Waals surface area (Å²) in [7, 11) is 0. The molecule has 0 unspecified atom stereocenters. The third kappa shape index (κ3) is 3.50. The number of allylic oxidation sites excluding steroid dienone is 4. The van der Waals surface area contributed by atoms with Gasteiger partial charge in [0.1, 0.15) is 0 Å². The van der Waals surface area contributed by atoms with Crippen LogP contribution in [0, 0.1) is 52.3 Å². The SMILES string of the molecule is C=C(C)[C@@H]1CC[C@]2(C)C(=C(C)C=C3[C@@H]2CC[C@H]2C[C@H]4C[C@@H]5C[C@@H]6C[C@H](NC[C@H](C)O)[C@@H](O)C[C@H]6[C@@]56CC[C@@]32N[C@@]46C)C1. The molecule has 0 amide bonds. The van der Waals surface area contributed by atoms with Crippen molar-refractivity contribution in [2.45, 2.75) is 141 Å². The average molecular weight is 575 g/mol. The molecule has 8 rings (SSSR count). The summed E-state index contributed by atoms with van der Waals surface area (Å²) < 4.78 is 0. The minimum absolute atomic E-state index is 0.134. The monoisotopic (exact) mass is 574 g/mol. The summed E-state index contributed by atoms with van der Waals surface area (Å²) in [6.07, 6.45) is 17.5. The third-order valence-electron chi connectivity index (χ3n) is 15.9. The number of aliphatic hydroxyl groups is 2. The quantitative estimate of drug-likeness (QED) is 0.283. The predicted molar refractivity (Wildman–Crippen MR) is 170 cm³/mol. The van der Waals surface area contributed by atoms with Gasteiger partial charge in [-0.15, -0.1) is 0 Å². The first kappa shape index (κ1) is 28.5. The Morgan fingerprint density at radius 2 is 1.83 bits per heavy atom. The fourth-order valence-electron chi connectivity index (χ4n) is 14.1. The first-order chi connectivity index (χ1) is 19.9. The second kappa shape index (κ2) is 9.30. The number of hydrogen-bond acceptors (Lipinski definition) is 4. The van der Waals surface area contributed by atoms with Crippen LogP contribution in [0.1, 0.15) is 112 Å². The van der Waals surface area contributed by atoms with Gasteiger partial charge in [0.05, 0.1) is 12.2 Å². The van der Waals surface area contributed by atoms with Gasteiger partial charge in [-0.3, -0.25) is 0 Å². The van der Waals surface area contributed by atoms with Crippen LogP contribution in [-0.2, 0) is 0 Å². The average Bonchev–Trinajstić information content (AvgIpc) is 3.38. The molecule has 2 heterocycles. The molecule has 6 aliphatic carbocycles. The van der Waals surface area contributed by atoms with Gasteiger partial charge < -0.3 is 20.8 Å². The van der Waals surface area contributed by atoms with Gasteiger partial charge in [-0.25, -0.2) is 0 Å². The van der Waals surface area contributed by atoms with Gasteiger partial charge in [0, 0.05) is 23.7 Å². The van der Waals surface area contributed by atoms with E-state index in [1.54, 1.807) is 16.7 Å². The summed E-state index contributed by atoms with van der Waals surface area (Å²) >= 11 is 0. The van der Waals surface area contributed by atoms with Crippen LogP contribution >= 0.6 is 0 Å². The normalized spacial score (nSPS) is 54.6. The standard InChI is InChI=1S/C38H58N2O2/c1-21(2)24-9-10-35(5)29-8-7-26-17-27-18-28-14-25-16-33(39-20-23(4)41)34(42)19-31(25)37(28)11-12-38(26,40-36(27,37)6)32(29)13-22(3)30(35)15-24/h13,23-29,31,33-34,39-42H,1,7-12,14-20H2,2-6H3/t23-,24+,25+,26-,27-,28-,29-,31+,33-,34-,35-,36-,37+,38-/m0/s1. The Labute approximate surface area is 255 Å². The van der Waals surface area contributed by atoms with Crippen molar-refractivity contribution in [1.82, 2.24) is 10.6 Å². The Balaban J connectivity index is 1.14. The van der Waals surface area contributed by atoms with E-state index in [9.17, 15) is 10.2 Å². The Morgan fingerprint density at radius 3 is 2.60 bits per heavy atom. The van der Waals surface area contributed by atoms with Crippen molar-refractivity contribution in [3.63, 3.8) is 0 Å². The summed E-state index contributed by atoms with van der Waals surface area (Å²) in [5, 5.41) is 29.5. The lowest BCUT2D eigenvalue weighted by molar-refractivity contribution is -0.119. The number of piperidine rings is 2. The Hall–Kier alpha value is -0.940. The Bertz CT molecular complexity index is 1240. The van der Waals surface area contributed by atoms with Gasteiger partial charge >= 0.3 is 0 Å². The maximum atomic E-state index is 11.4. The van der Waals surface area contributed by atoms with Crippen molar-refractivity contribution < 1.29 is 10.2 Å². The highest BCUT2D eigenvalue weighted by Gasteiger charge is 2.76. The molecule has 4 heteroatoms.